The number of esters is 1. The first-order valence-electron chi connectivity index (χ1n) is 7.77. The van der Waals surface area contributed by atoms with E-state index in [1.54, 1.807) is 6.33 Å². The molecule has 0 aliphatic heterocycles. The molecule has 21 heavy (non-hydrogen) atoms. The maximum absolute atomic E-state index is 11.7. The second-order valence-electron chi connectivity index (χ2n) is 6.17. The minimum Gasteiger partial charge on any atom is -0.468 e. The molecule has 0 radical (unpaired) electrons. The van der Waals surface area contributed by atoms with Crippen molar-refractivity contribution in [2.45, 2.75) is 58.7 Å². The van der Waals surface area contributed by atoms with Gasteiger partial charge in [-0.15, -0.1) is 0 Å². The third kappa shape index (κ3) is 4.52. The SMILES string of the molecule is COC(=O)CN(Cc1ncnn1CC(C)C)C1CCCC1. The quantitative estimate of drug-likeness (QED) is 0.718. The summed E-state index contributed by atoms with van der Waals surface area (Å²) in [6.07, 6.45) is 6.37. The molecule has 2 rings (SSSR count). The fraction of sp³-hybridized carbons (Fsp3) is 0.800. The highest BCUT2D eigenvalue weighted by Gasteiger charge is 2.26. The van der Waals surface area contributed by atoms with Crippen LogP contribution in [0.25, 0.3) is 0 Å². The standard InChI is InChI=1S/C15H26N4O2/c1-12(2)8-19-14(16-11-17-19)9-18(10-15(20)21-3)13-6-4-5-7-13/h11-13H,4-10H2,1-3H3. The van der Waals surface area contributed by atoms with Gasteiger partial charge in [-0.2, -0.15) is 5.10 Å². The molecule has 0 spiro atoms. The van der Waals surface area contributed by atoms with Gasteiger partial charge in [0.2, 0.25) is 0 Å². The number of carbonyl (C=O) groups excluding carboxylic acids is 1. The summed E-state index contributed by atoms with van der Waals surface area (Å²) < 4.78 is 6.78. The van der Waals surface area contributed by atoms with Crippen molar-refractivity contribution < 1.29 is 9.53 Å². The van der Waals surface area contributed by atoms with Crippen molar-refractivity contribution in [3.05, 3.63) is 12.2 Å². The van der Waals surface area contributed by atoms with Crippen LogP contribution in [0.3, 0.4) is 0 Å². The van der Waals surface area contributed by atoms with Crippen molar-refractivity contribution in [1.82, 2.24) is 19.7 Å². The van der Waals surface area contributed by atoms with Gasteiger partial charge in [0.15, 0.2) is 0 Å². The van der Waals surface area contributed by atoms with E-state index in [0.717, 1.165) is 25.2 Å². The zero-order valence-corrected chi connectivity index (χ0v) is 13.3. The topological polar surface area (TPSA) is 60.2 Å². The minimum atomic E-state index is -0.183. The van der Waals surface area contributed by atoms with Crippen molar-refractivity contribution >= 4 is 5.97 Å². The summed E-state index contributed by atoms with van der Waals surface area (Å²) in [6.45, 7) is 6.16. The van der Waals surface area contributed by atoms with Crippen molar-refractivity contribution in [2.24, 2.45) is 5.92 Å². The molecular weight excluding hydrogens is 268 g/mol. The zero-order chi connectivity index (χ0) is 15.2. The highest BCUT2D eigenvalue weighted by molar-refractivity contribution is 5.71. The first-order valence-corrected chi connectivity index (χ1v) is 7.77. The lowest BCUT2D eigenvalue weighted by Gasteiger charge is -2.27. The molecule has 6 heteroatoms. The summed E-state index contributed by atoms with van der Waals surface area (Å²) in [4.78, 5) is 18.2. The molecular formula is C15H26N4O2. The average Bonchev–Trinajstić information content (AvgIpc) is 3.09. The smallest absolute Gasteiger partial charge is 0.319 e. The van der Waals surface area contributed by atoms with E-state index in [2.05, 4.69) is 28.8 Å². The molecule has 1 fully saturated rings. The van der Waals surface area contributed by atoms with E-state index in [9.17, 15) is 4.79 Å². The first-order chi connectivity index (χ1) is 10.1. The van der Waals surface area contributed by atoms with Crippen molar-refractivity contribution in [3.63, 3.8) is 0 Å². The molecule has 0 atom stereocenters. The molecule has 118 valence electrons. The summed E-state index contributed by atoms with van der Waals surface area (Å²) in [6, 6.07) is 0.452. The zero-order valence-electron chi connectivity index (χ0n) is 13.3. The van der Waals surface area contributed by atoms with Gasteiger partial charge in [0, 0.05) is 12.6 Å². The number of nitrogens with zero attached hydrogens (tertiary/aromatic N) is 4. The Hall–Kier alpha value is -1.43. The number of aromatic nitrogens is 3. The largest absolute Gasteiger partial charge is 0.468 e. The van der Waals surface area contributed by atoms with Gasteiger partial charge in [-0.05, 0) is 18.8 Å². The molecule has 0 amide bonds. The Kier molecular flexibility index (Phi) is 5.73. The summed E-state index contributed by atoms with van der Waals surface area (Å²) in [5, 5.41) is 4.30. The number of carbonyl (C=O) groups is 1. The number of methoxy groups -OCH3 is 1. The van der Waals surface area contributed by atoms with E-state index >= 15 is 0 Å². The summed E-state index contributed by atoms with van der Waals surface area (Å²) >= 11 is 0. The molecule has 0 unspecified atom stereocenters. The minimum absolute atomic E-state index is 0.183. The van der Waals surface area contributed by atoms with Crippen LogP contribution in [0.1, 0.15) is 45.4 Å². The van der Waals surface area contributed by atoms with Gasteiger partial charge in [0.05, 0.1) is 20.2 Å². The Morgan fingerprint density at radius 3 is 2.81 bits per heavy atom. The molecule has 1 aromatic heterocycles. The lowest BCUT2D eigenvalue weighted by Crippen LogP contribution is -2.38. The van der Waals surface area contributed by atoms with Gasteiger partial charge in [0.25, 0.3) is 0 Å². The van der Waals surface area contributed by atoms with Crippen LogP contribution in [0.5, 0.6) is 0 Å². The second-order valence-corrected chi connectivity index (χ2v) is 6.17. The van der Waals surface area contributed by atoms with E-state index in [1.807, 2.05) is 4.68 Å². The second kappa shape index (κ2) is 7.54. The maximum atomic E-state index is 11.7. The summed E-state index contributed by atoms with van der Waals surface area (Å²) in [5.74, 6) is 1.27. The van der Waals surface area contributed by atoms with Crippen LogP contribution in [0.15, 0.2) is 6.33 Å². The van der Waals surface area contributed by atoms with Gasteiger partial charge >= 0.3 is 5.97 Å². The van der Waals surface area contributed by atoms with Gasteiger partial charge in [-0.25, -0.2) is 9.67 Å². The number of hydrogen-bond donors (Lipinski definition) is 0. The molecule has 1 aromatic rings. The van der Waals surface area contributed by atoms with Crippen LogP contribution in [-0.2, 0) is 22.6 Å². The van der Waals surface area contributed by atoms with Crippen molar-refractivity contribution in [2.75, 3.05) is 13.7 Å². The Balaban J connectivity index is 2.06. The molecule has 0 N–H and O–H groups in total. The summed E-state index contributed by atoms with van der Waals surface area (Å²) in [7, 11) is 1.44. The van der Waals surface area contributed by atoms with Gasteiger partial charge in [0.1, 0.15) is 12.2 Å². The van der Waals surface area contributed by atoms with E-state index in [1.165, 1.54) is 20.0 Å². The monoisotopic (exact) mass is 294 g/mol. The van der Waals surface area contributed by atoms with E-state index in [0.29, 0.717) is 25.0 Å². The number of hydrogen-bond acceptors (Lipinski definition) is 5. The molecule has 1 saturated carbocycles. The van der Waals surface area contributed by atoms with Crippen LogP contribution < -0.4 is 0 Å². The van der Waals surface area contributed by atoms with Crippen LogP contribution >= 0.6 is 0 Å². The van der Waals surface area contributed by atoms with E-state index < -0.39 is 0 Å². The fourth-order valence-electron chi connectivity index (χ4n) is 2.90. The predicted molar refractivity (Wildman–Crippen MR) is 79.5 cm³/mol. The van der Waals surface area contributed by atoms with Crippen molar-refractivity contribution in [3.8, 4) is 0 Å². The van der Waals surface area contributed by atoms with E-state index in [4.69, 9.17) is 4.74 Å². The third-order valence-electron chi connectivity index (χ3n) is 3.98. The molecule has 1 aliphatic carbocycles. The number of rotatable bonds is 7. The lowest BCUT2D eigenvalue weighted by molar-refractivity contribution is -0.142. The molecule has 6 nitrogen and oxygen atoms in total. The van der Waals surface area contributed by atoms with Gasteiger partial charge < -0.3 is 4.74 Å². The maximum Gasteiger partial charge on any atom is 0.319 e. The molecule has 0 aromatic carbocycles. The van der Waals surface area contributed by atoms with Crippen LogP contribution in [0.4, 0.5) is 0 Å². The normalized spacial score (nSPS) is 16.0. The average molecular weight is 294 g/mol. The lowest BCUT2D eigenvalue weighted by atomic mass is 10.2. The molecule has 0 bridgehead atoms. The molecule has 1 heterocycles. The Morgan fingerprint density at radius 2 is 2.19 bits per heavy atom. The third-order valence-corrected chi connectivity index (χ3v) is 3.98. The Labute approximate surface area is 126 Å². The van der Waals surface area contributed by atoms with Crippen LogP contribution in [0.2, 0.25) is 0 Å². The highest BCUT2D eigenvalue weighted by Crippen LogP contribution is 2.24. The summed E-state index contributed by atoms with van der Waals surface area (Å²) in [5.41, 5.74) is 0. The van der Waals surface area contributed by atoms with Gasteiger partial charge in [-0.1, -0.05) is 26.7 Å². The fourth-order valence-corrected chi connectivity index (χ4v) is 2.90. The van der Waals surface area contributed by atoms with Crippen LogP contribution in [0, 0.1) is 5.92 Å². The Bertz CT molecular complexity index is 452. The number of ether oxygens (including phenoxy) is 1. The first kappa shape index (κ1) is 15.9. The van der Waals surface area contributed by atoms with Crippen molar-refractivity contribution in [1.29, 1.82) is 0 Å². The molecule has 1 aliphatic rings. The van der Waals surface area contributed by atoms with Crippen LogP contribution in [-0.4, -0.2) is 45.3 Å². The highest BCUT2D eigenvalue weighted by atomic mass is 16.5. The van der Waals surface area contributed by atoms with E-state index in [-0.39, 0.29) is 5.97 Å². The Morgan fingerprint density at radius 1 is 1.48 bits per heavy atom. The predicted octanol–water partition coefficient (Wildman–Crippen LogP) is 1.85. The molecule has 0 saturated heterocycles. The van der Waals surface area contributed by atoms with Gasteiger partial charge in [-0.3, -0.25) is 9.69 Å².